The van der Waals surface area contributed by atoms with E-state index < -0.39 is 14.0 Å². The van der Waals surface area contributed by atoms with Crippen LogP contribution >= 0.6 is 11.3 Å². The SMILES string of the molecule is CCc1sc(-c2ccc([Si](C)(C)C)cc2)nc1C(C=O)C(=O)[C@H](CC)CC(C)C. The molecule has 1 unspecified atom stereocenters. The maximum Gasteiger partial charge on any atom is 0.152 e. The van der Waals surface area contributed by atoms with Crippen molar-refractivity contribution in [3.63, 3.8) is 0 Å². The summed E-state index contributed by atoms with van der Waals surface area (Å²) in [7, 11) is -1.35. The van der Waals surface area contributed by atoms with E-state index in [2.05, 4.69) is 64.7 Å². The molecule has 0 amide bonds. The van der Waals surface area contributed by atoms with E-state index in [1.54, 1.807) is 11.3 Å². The number of rotatable bonds is 10. The van der Waals surface area contributed by atoms with Gasteiger partial charge in [0.05, 0.1) is 13.8 Å². The molecule has 0 saturated carbocycles. The molecule has 0 N–H and O–H groups in total. The predicted octanol–water partition coefficient (Wildman–Crippen LogP) is 5.84. The molecule has 1 heterocycles. The molecule has 158 valence electrons. The quantitative estimate of drug-likeness (QED) is 0.271. The fraction of sp³-hybridized carbons (Fsp3) is 0.542. The van der Waals surface area contributed by atoms with E-state index in [4.69, 9.17) is 4.98 Å². The van der Waals surface area contributed by atoms with Crippen LogP contribution in [0.2, 0.25) is 19.6 Å². The van der Waals surface area contributed by atoms with Crippen LogP contribution in [0.1, 0.15) is 57.0 Å². The molecule has 3 nitrogen and oxygen atoms in total. The molecule has 0 aliphatic carbocycles. The predicted molar refractivity (Wildman–Crippen MR) is 127 cm³/mol. The summed E-state index contributed by atoms with van der Waals surface area (Å²) in [6.45, 7) is 15.3. The van der Waals surface area contributed by atoms with Crippen LogP contribution in [-0.4, -0.2) is 25.1 Å². The van der Waals surface area contributed by atoms with Gasteiger partial charge < -0.3 is 4.79 Å². The summed E-state index contributed by atoms with van der Waals surface area (Å²) >= 11 is 1.61. The highest BCUT2D eigenvalue weighted by Gasteiger charge is 2.31. The average Bonchev–Trinajstić information content (AvgIpc) is 3.10. The molecule has 0 fully saturated rings. The molecule has 29 heavy (non-hydrogen) atoms. The highest BCUT2D eigenvalue weighted by atomic mass is 32.1. The minimum absolute atomic E-state index is 0.0248. The van der Waals surface area contributed by atoms with E-state index in [9.17, 15) is 9.59 Å². The number of thiazole rings is 1. The van der Waals surface area contributed by atoms with E-state index in [-0.39, 0.29) is 11.7 Å². The van der Waals surface area contributed by atoms with Crippen molar-refractivity contribution in [2.75, 3.05) is 0 Å². The van der Waals surface area contributed by atoms with E-state index in [1.165, 1.54) is 5.19 Å². The second-order valence-electron chi connectivity index (χ2n) is 9.26. The molecule has 0 saturated heterocycles. The first-order valence-electron chi connectivity index (χ1n) is 10.7. The van der Waals surface area contributed by atoms with Gasteiger partial charge in [-0.3, -0.25) is 4.79 Å². The first-order valence-corrected chi connectivity index (χ1v) is 15.0. The zero-order valence-corrected chi connectivity index (χ0v) is 20.7. The fourth-order valence-electron chi connectivity index (χ4n) is 3.67. The number of carbonyl (C=O) groups excluding carboxylic acids is 2. The molecular formula is C24H35NO2SSi. The smallest absolute Gasteiger partial charge is 0.152 e. The lowest BCUT2D eigenvalue weighted by Gasteiger charge is -2.19. The second-order valence-corrected chi connectivity index (χ2v) is 15.4. The minimum Gasteiger partial charge on any atom is -0.302 e. The summed E-state index contributed by atoms with van der Waals surface area (Å²) in [6.07, 6.45) is 3.16. The van der Waals surface area contributed by atoms with Crippen molar-refractivity contribution in [2.45, 2.75) is 72.5 Å². The molecule has 1 aromatic carbocycles. The van der Waals surface area contributed by atoms with E-state index in [0.717, 1.165) is 41.0 Å². The topological polar surface area (TPSA) is 47.0 Å². The fourth-order valence-corrected chi connectivity index (χ4v) is 5.89. The first-order chi connectivity index (χ1) is 13.6. The summed E-state index contributed by atoms with van der Waals surface area (Å²) in [4.78, 5) is 31.0. The normalized spacial score (nSPS) is 14.1. The lowest BCUT2D eigenvalue weighted by atomic mass is 9.84. The standard InChI is InChI=1S/C24H35NO2SSi/c1-8-17(14-16(3)4)23(27)20(15-26)22-21(9-2)28-24(25-22)18-10-12-19(13-11-18)29(5,6)7/h10-13,15-17,20H,8-9,14H2,1-7H3/t17-,20?/m1/s1. The van der Waals surface area contributed by atoms with Crippen LogP contribution in [-0.2, 0) is 16.0 Å². The Morgan fingerprint density at radius 2 is 1.76 bits per heavy atom. The molecule has 2 aromatic rings. The number of Topliss-reactive ketones (excluding diaryl/α,β-unsaturated/α-hetero) is 1. The summed E-state index contributed by atoms with van der Waals surface area (Å²) < 4.78 is 0. The largest absolute Gasteiger partial charge is 0.302 e. The lowest BCUT2D eigenvalue weighted by Crippen LogP contribution is -2.37. The van der Waals surface area contributed by atoms with Crippen molar-refractivity contribution in [1.82, 2.24) is 4.98 Å². The number of hydrogen-bond donors (Lipinski definition) is 0. The number of hydrogen-bond acceptors (Lipinski definition) is 4. The molecule has 0 radical (unpaired) electrons. The molecule has 2 atom stereocenters. The first kappa shape index (κ1) is 23.7. The van der Waals surface area contributed by atoms with Crippen LogP contribution in [0.3, 0.4) is 0 Å². The van der Waals surface area contributed by atoms with Gasteiger partial charge in [-0.15, -0.1) is 11.3 Å². The third kappa shape index (κ3) is 5.73. The molecular weight excluding hydrogens is 394 g/mol. The minimum atomic E-state index is -1.35. The van der Waals surface area contributed by atoms with Crippen molar-refractivity contribution >= 4 is 36.7 Å². The van der Waals surface area contributed by atoms with Crippen molar-refractivity contribution in [2.24, 2.45) is 11.8 Å². The van der Waals surface area contributed by atoms with Crippen LogP contribution < -0.4 is 5.19 Å². The van der Waals surface area contributed by atoms with Gasteiger partial charge in [-0.2, -0.15) is 0 Å². The van der Waals surface area contributed by atoms with E-state index in [0.29, 0.717) is 11.6 Å². The van der Waals surface area contributed by atoms with Crippen molar-refractivity contribution < 1.29 is 9.59 Å². The van der Waals surface area contributed by atoms with Gasteiger partial charge >= 0.3 is 0 Å². The third-order valence-electron chi connectivity index (χ3n) is 5.43. The number of aryl methyl sites for hydroxylation is 1. The Hall–Kier alpha value is -1.59. The number of ketones is 1. The van der Waals surface area contributed by atoms with Gasteiger partial charge in [0.25, 0.3) is 0 Å². The van der Waals surface area contributed by atoms with E-state index in [1.807, 2.05) is 6.92 Å². The van der Waals surface area contributed by atoms with Crippen LogP contribution in [0, 0.1) is 11.8 Å². The van der Waals surface area contributed by atoms with Crippen molar-refractivity contribution in [3.8, 4) is 10.6 Å². The molecule has 5 heteroatoms. The number of nitrogens with zero attached hydrogens (tertiary/aromatic N) is 1. The maximum absolute atomic E-state index is 13.1. The summed E-state index contributed by atoms with van der Waals surface area (Å²) in [5.74, 6) is -0.384. The van der Waals surface area contributed by atoms with Gasteiger partial charge in [0.1, 0.15) is 17.2 Å². The highest BCUT2D eigenvalue weighted by molar-refractivity contribution is 7.15. The van der Waals surface area contributed by atoms with Crippen LogP contribution in [0.4, 0.5) is 0 Å². The Morgan fingerprint density at radius 1 is 1.14 bits per heavy atom. The number of aromatic nitrogens is 1. The monoisotopic (exact) mass is 429 g/mol. The zero-order chi connectivity index (χ0) is 21.8. The summed E-state index contributed by atoms with van der Waals surface area (Å²) in [6, 6.07) is 8.65. The third-order valence-corrected chi connectivity index (χ3v) is 8.76. The maximum atomic E-state index is 13.1. The summed E-state index contributed by atoms with van der Waals surface area (Å²) in [5.41, 5.74) is 1.73. The van der Waals surface area contributed by atoms with Crippen molar-refractivity contribution in [3.05, 3.63) is 34.8 Å². The number of benzene rings is 1. The van der Waals surface area contributed by atoms with E-state index >= 15 is 0 Å². The van der Waals surface area contributed by atoms with Gasteiger partial charge in [0, 0.05) is 16.4 Å². The average molecular weight is 430 g/mol. The Kier molecular flexibility index (Phi) is 8.12. The molecule has 0 aliphatic heterocycles. The second kappa shape index (κ2) is 9.94. The zero-order valence-electron chi connectivity index (χ0n) is 18.9. The van der Waals surface area contributed by atoms with Crippen LogP contribution in [0.25, 0.3) is 10.6 Å². The van der Waals surface area contributed by atoms with Gasteiger partial charge in [0.15, 0.2) is 5.78 Å². The van der Waals surface area contributed by atoms with Gasteiger partial charge in [-0.05, 0) is 25.2 Å². The Balaban J connectivity index is 2.39. The Morgan fingerprint density at radius 3 is 2.21 bits per heavy atom. The van der Waals surface area contributed by atoms with Crippen molar-refractivity contribution in [1.29, 1.82) is 0 Å². The highest BCUT2D eigenvalue weighted by Crippen LogP contribution is 2.34. The molecule has 2 rings (SSSR count). The molecule has 0 bridgehead atoms. The Bertz CT molecular complexity index is 834. The van der Waals surface area contributed by atoms with Gasteiger partial charge in [-0.25, -0.2) is 4.98 Å². The van der Waals surface area contributed by atoms with Gasteiger partial charge in [-0.1, -0.05) is 76.8 Å². The lowest BCUT2D eigenvalue weighted by molar-refractivity contribution is -0.128. The summed E-state index contributed by atoms with van der Waals surface area (Å²) in [5, 5.41) is 2.31. The number of carbonyl (C=O) groups is 2. The van der Waals surface area contributed by atoms with Gasteiger partial charge in [0.2, 0.25) is 0 Å². The van der Waals surface area contributed by atoms with Crippen LogP contribution in [0.15, 0.2) is 24.3 Å². The number of aldehydes is 1. The Labute approximate surface area is 181 Å². The molecule has 0 aliphatic rings. The van der Waals surface area contributed by atoms with Crippen LogP contribution in [0.5, 0.6) is 0 Å². The molecule has 1 aromatic heterocycles. The molecule has 0 spiro atoms.